The molecule has 1 unspecified atom stereocenters. The highest BCUT2D eigenvalue weighted by atomic mass is 32.2. The van der Waals surface area contributed by atoms with Gasteiger partial charge in [0, 0.05) is 18.0 Å². The smallest absolute Gasteiger partial charge is 0.240 e. The SMILES string of the molecule is CCC(=O)c1cccc(S(=O)(=O)NC(C)C(C)C)c1. The van der Waals surface area contributed by atoms with E-state index >= 15 is 0 Å². The lowest BCUT2D eigenvalue weighted by Gasteiger charge is -2.17. The molecular formula is C14H21NO3S. The number of rotatable bonds is 6. The van der Waals surface area contributed by atoms with Crippen LogP contribution in [-0.2, 0) is 10.0 Å². The van der Waals surface area contributed by atoms with Gasteiger partial charge < -0.3 is 0 Å². The normalized spacial score (nSPS) is 13.5. The molecule has 0 aromatic heterocycles. The third-order valence-electron chi connectivity index (χ3n) is 3.13. The topological polar surface area (TPSA) is 63.2 Å². The first-order chi connectivity index (χ1) is 8.77. The zero-order chi connectivity index (χ0) is 14.6. The van der Waals surface area contributed by atoms with Gasteiger partial charge in [-0.15, -0.1) is 0 Å². The van der Waals surface area contributed by atoms with Crippen LogP contribution in [-0.4, -0.2) is 20.2 Å². The highest BCUT2D eigenvalue weighted by Gasteiger charge is 2.20. The number of nitrogens with one attached hydrogen (secondary N) is 1. The summed E-state index contributed by atoms with van der Waals surface area (Å²) in [5, 5.41) is 0. The quantitative estimate of drug-likeness (QED) is 0.816. The fourth-order valence-electron chi connectivity index (χ4n) is 1.49. The standard InChI is InChI=1S/C14H21NO3S/c1-5-14(16)12-7-6-8-13(9-12)19(17,18)15-11(4)10(2)3/h6-11,15H,5H2,1-4H3. The zero-order valence-corrected chi connectivity index (χ0v) is 12.6. The summed E-state index contributed by atoms with van der Waals surface area (Å²) in [4.78, 5) is 11.7. The number of sulfonamides is 1. The Hall–Kier alpha value is -1.20. The summed E-state index contributed by atoms with van der Waals surface area (Å²) in [5.41, 5.74) is 0.433. The molecule has 19 heavy (non-hydrogen) atoms. The summed E-state index contributed by atoms with van der Waals surface area (Å²) in [6.45, 7) is 7.47. The van der Waals surface area contributed by atoms with E-state index in [1.165, 1.54) is 12.1 Å². The van der Waals surface area contributed by atoms with Gasteiger partial charge in [0.15, 0.2) is 5.78 Å². The lowest BCUT2D eigenvalue weighted by atomic mass is 10.1. The highest BCUT2D eigenvalue weighted by molar-refractivity contribution is 7.89. The summed E-state index contributed by atoms with van der Waals surface area (Å²) in [7, 11) is -3.57. The number of hydrogen-bond donors (Lipinski definition) is 1. The van der Waals surface area contributed by atoms with Crippen molar-refractivity contribution in [2.24, 2.45) is 5.92 Å². The maximum atomic E-state index is 12.2. The molecule has 0 fully saturated rings. The Morgan fingerprint density at radius 2 is 1.89 bits per heavy atom. The van der Waals surface area contributed by atoms with Crippen LogP contribution in [0.25, 0.3) is 0 Å². The lowest BCUT2D eigenvalue weighted by Crippen LogP contribution is -2.36. The van der Waals surface area contributed by atoms with Crippen LogP contribution in [0.1, 0.15) is 44.5 Å². The van der Waals surface area contributed by atoms with Crippen LogP contribution in [0.15, 0.2) is 29.2 Å². The summed E-state index contributed by atoms with van der Waals surface area (Å²) in [5.74, 6) is 0.143. The molecule has 0 radical (unpaired) electrons. The summed E-state index contributed by atoms with van der Waals surface area (Å²) in [6.07, 6.45) is 0.360. The van der Waals surface area contributed by atoms with E-state index in [-0.39, 0.29) is 22.6 Å². The zero-order valence-electron chi connectivity index (χ0n) is 11.8. The van der Waals surface area contributed by atoms with Crippen LogP contribution in [0, 0.1) is 5.92 Å². The van der Waals surface area contributed by atoms with E-state index in [0.29, 0.717) is 12.0 Å². The van der Waals surface area contributed by atoms with Gasteiger partial charge in [0.1, 0.15) is 0 Å². The minimum atomic E-state index is -3.57. The van der Waals surface area contributed by atoms with Gasteiger partial charge in [-0.2, -0.15) is 0 Å². The molecule has 1 rings (SSSR count). The van der Waals surface area contributed by atoms with Crippen LogP contribution in [0.4, 0.5) is 0 Å². The van der Waals surface area contributed by atoms with Crippen LogP contribution in [0.2, 0.25) is 0 Å². The number of hydrogen-bond acceptors (Lipinski definition) is 3. The van der Waals surface area contributed by atoms with E-state index in [4.69, 9.17) is 0 Å². The minimum absolute atomic E-state index is 0.0611. The molecule has 0 saturated carbocycles. The third-order valence-corrected chi connectivity index (χ3v) is 4.69. The van der Waals surface area contributed by atoms with Gasteiger partial charge in [-0.1, -0.05) is 32.9 Å². The molecule has 5 heteroatoms. The molecule has 0 heterocycles. The van der Waals surface area contributed by atoms with Gasteiger partial charge in [-0.05, 0) is 25.0 Å². The fraction of sp³-hybridized carbons (Fsp3) is 0.500. The molecule has 0 amide bonds. The fourth-order valence-corrected chi connectivity index (χ4v) is 2.93. The largest absolute Gasteiger partial charge is 0.294 e. The van der Waals surface area contributed by atoms with Gasteiger partial charge in [0.2, 0.25) is 10.0 Å². The van der Waals surface area contributed by atoms with Gasteiger partial charge in [-0.25, -0.2) is 13.1 Å². The molecule has 0 aliphatic carbocycles. The van der Waals surface area contributed by atoms with Crippen molar-refractivity contribution in [3.8, 4) is 0 Å². The molecule has 0 saturated heterocycles. The molecular weight excluding hydrogens is 262 g/mol. The van der Waals surface area contributed by atoms with Crippen LogP contribution < -0.4 is 4.72 Å². The van der Waals surface area contributed by atoms with Crippen molar-refractivity contribution < 1.29 is 13.2 Å². The van der Waals surface area contributed by atoms with E-state index in [1.54, 1.807) is 19.1 Å². The van der Waals surface area contributed by atoms with Crippen molar-refractivity contribution in [2.45, 2.75) is 45.1 Å². The number of carbonyl (C=O) groups excluding carboxylic acids is 1. The monoisotopic (exact) mass is 283 g/mol. The van der Waals surface area contributed by atoms with Crippen molar-refractivity contribution in [1.82, 2.24) is 4.72 Å². The molecule has 1 aromatic rings. The number of benzene rings is 1. The molecule has 0 aliphatic heterocycles. The first-order valence-electron chi connectivity index (χ1n) is 6.43. The summed E-state index contributed by atoms with van der Waals surface area (Å²) >= 11 is 0. The van der Waals surface area contributed by atoms with E-state index < -0.39 is 10.0 Å². The molecule has 4 nitrogen and oxygen atoms in total. The Balaban J connectivity index is 3.05. The van der Waals surface area contributed by atoms with E-state index in [0.717, 1.165) is 0 Å². The Morgan fingerprint density at radius 1 is 1.26 bits per heavy atom. The third kappa shape index (κ3) is 4.14. The first kappa shape index (κ1) is 15.9. The first-order valence-corrected chi connectivity index (χ1v) is 7.91. The average Bonchev–Trinajstić information content (AvgIpc) is 2.37. The maximum absolute atomic E-state index is 12.2. The Morgan fingerprint density at radius 3 is 2.42 bits per heavy atom. The van der Waals surface area contributed by atoms with Crippen molar-refractivity contribution in [2.75, 3.05) is 0 Å². The van der Waals surface area contributed by atoms with Gasteiger partial charge in [-0.3, -0.25) is 4.79 Å². The van der Waals surface area contributed by atoms with Crippen molar-refractivity contribution >= 4 is 15.8 Å². The highest BCUT2D eigenvalue weighted by Crippen LogP contribution is 2.14. The molecule has 1 atom stereocenters. The van der Waals surface area contributed by atoms with Crippen LogP contribution >= 0.6 is 0 Å². The van der Waals surface area contributed by atoms with Crippen molar-refractivity contribution in [3.05, 3.63) is 29.8 Å². The molecule has 0 bridgehead atoms. The molecule has 0 aliphatic rings. The Labute approximate surface area is 115 Å². The number of ketones is 1. The lowest BCUT2D eigenvalue weighted by molar-refractivity contribution is 0.0988. The predicted molar refractivity (Wildman–Crippen MR) is 75.7 cm³/mol. The summed E-state index contributed by atoms with van der Waals surface area (Å²) in [6, 6.07) is 6.01. The van der Waals surface area contributed by atoms with E-state index in [1.807, 2.05) is 20.8 Å². The minimum Gasteiger partial charge on any atom is -0.294 e. The second kappa shape index (κ2) is 6.30. The van der Waals surface area contributed by atoms with Gasteiger partial charge in [0.25, 0.3) is 0 Å². The Kier molecular flexibility index (Phi) is 5.26. The van der Waals surface area contributed by atoms with Crippen molar-refractivity contribution in [1.29, 1.82) is 0 Å². The van der Waals surface area contributed by atoms with Crippen LogP contribution in [0.3, 0.4) is 0 Å². The Bertz CT molecular complexity index is 550. The number of Topliss-reactive ketones (excluding diaryl/α,β-unsaturated/α-hetero) is 1. The maximum Gasteiger partial charge on any atom is 0.240 e. The molecule has 106 valence electrons. The van der Waals surface area contributed by atoms with E-state index in [9.17, 15) is 13.2 Å². The van der Waals surface area contributed by atoms with Crippen LogP contribution in [0.5, 0.6) is 0 Å². The van der Waals surface area contributed by atoms with Crippen molar-refractivity contribution in [3.63, 3.8) is 0 Å². The summed E-state index contributed by atoms with van der Waals surface area (Å²) < 4.78 is 27.0. The molecule has 1 N–H and O–H groups in total. The molecule has 0 spiro atoms. The van der Waals surface area contributed by atoms with Gasteiger partial charge in [0.05, 0.1) is 4.90 Å². The van der Waals surface area contributed by atoms with E-state index in [2.05, 4.69) is 4.72 Å². The second-order valence-corrected chi connectivity index (χ2v) is 6.67. The average molecular weight is 283 g/mol. The number of carbonyl (C=O) groups is 1. The predicted octanol–water partition coefficient (Wildman–Crippen LogP) is 2.60. The van der Waals surface area contributed by atoms with Gasteiger partial charge >= 0.3 is 0 Å². The molecule has 1 aromatic carbocycles. The second-order valence-electron chi connectivity index (χ2n) is 4.96.